The van der Waals surface area contributed by atoms with Crippen molar-refractivity contribution in [3.63, 3.8) is 0 Å². The molecular weight excluding hydrogens is 224 g/mol. The van der Waals surface area contributed by atoms with E-state index in [1.165, 1.54) is 19.3 Å². The third kappa shape index (κ3) is 3.08. The summed E-state index contributed by atoms with van der Waals surface area (Å²) in [7, 11) is 0. The number of hydrogen-bond acceptors (Lipinski definition) is 2. The smallest absolute Gasteiger partial charge is 0.0908 e. The fourth-order valence-electron chi connectivity index (χ4n) is 3.95. The summed E-state index contributed by atoms with van der Waals surface area (Å²) >= 11 is 0. The molecule has 0 aromatic carbocycles. The number of aliphatic hydroxyl groups excluding tert-OH is 1. The van der Waals surface area contributed by atoms with Gasteiger partial charge >= 0.3 is 0 Å². The Morgan fingerprint density at radius 3 is 2.11 bits per heavy atom. The molecule has 0 aromatic rings. The Balaban J connectivity index is 1.98. The van der Waals surface area contributed by atoms with Gasteiger partial charge in [-0.15, -0.1) is 0 Å². The summed E-state index contributed by atoms with van der Waals surface area (Å²) in [6.45, 7) is 4.61. The van der Waals surface area contributed by atoms with E-state index in [0.29, 0.717) is 11.8 Å². The van der Waals surface area contributed by atoms with Crippen molar-refractivity contribution in [2.45, 2.75) is 83.3 Å². The molecule has 2 heteroatoms. The molecule has 0 aliphatic heterocycles. The van der Waals surface area contributed by atoms with Crippen LogP contribution in [0.25, 0.3) is 0 Å². The molecule has 2 aliphatic carbocycles. The summed E-state index contributed by atoms with van der Waals surface area (Å²) in [5.41, 5.74) is -0.790. The van der Waals surface area contributed by atoms with Gasteiger partial charge in [0, 0.05) is 0 Å². The second-order valence-corrected chi connectivity index (χ2v) is 6.99. The Morgan fingerprint density at radius 1 is 0.944 bits per heavy atom. The van der Waals surface area contributed by atoms with Gasteiger partial charge in [0.15, 0.2) is 0 Å². The van der Waals surface area contributed by atoms with Gasteiger partial charge in [-0.2, -0.15) is 0 Å². The average molecular weight is 254 g/mol. The SMILES string of the molecule is CC1CCC(C(O)C2(O)CCCCCC2)CC1C. The lowest BCUT2D eigenvalue weighted by Gasteiger charge is -2.41. The van der Waals surface area contributed by atoms with Crippen molar-refractivity contribution in [1.82, 2.24) is 0 Å². The van der Waals surface area contributed by atoms with Crippen LogP contribution in [-0.4, -0.2) is 21.9 Å². The largest absolute Gasteiger partial charge is 0.390 e. The first-order valence-corrected chi connectivity index (χ1v) is 7.93. The molecule has 2 rings (SSSR count). The summed E-state index contributed by atoms with van der Waals surface area (Å²) in [4.78, 5) is 0. The molecule has 18 heavy (non-hydrogen) atoms. The van der Waals surface area contributed by atoms with E-state index in [0.717, 1.165) is 44.4 Å². The maximum atomic E-state index is 10.8. The van der Waals surface area contributed by atoms with Crippen LogP contribution in [0, 0.1) is 17.8 Å². The highest BCUT2D eigenvalue weighted by atomic mass is 16.3. The summed E-state index contributed by atoms with van der Waals surface area (Å²) in [6.07, 6.45) is 9.08. The van der Waals surface area contributed by atoms with Crippen LogP contribution in [0.15, 0.2) is 0 Å². The van der Waals surface area contributed by atoms with Crippen molar-refractivity contribution in [1.29, 1.82) is 0 Å². The Hall–Kier alpha value is -0.0800. The maximum Gasteiger partial charge on any atom is 0.0908 e. The lowest BCUT2D eigenvalue weighted by molar-refractivity contribution is -0.119. The molecule has 2 aliphatic rings. The molecule has 4 unspecified atom stereocenters. The van der Waals surface area contributed by atoms with Gasteiger partial charge in [-0.3, -0.25) is 0 Å². The molecule has 4 atom stereocenters. The first-order chi connectivity index (χ1) is 8.53. The molecule has 2 saturated carbocycles. The van der Waals surface area contributed by atoms with E-state index in [2.05, 4.69) is 13.8 Å². The molecule has 2 nitrogen and oxygen atoms in total. The number of hydrogen-bond donors (Lipinski definition) is 2. The molecule has 0 aromatic heterocycles. The van der Waals surface area contributed by atoms with Gasteiger partial charge in [-0.1, -0.05) is 46.0 Å². The zero-order valence-electron chi connectivity index (χ0n) is 12.1. The van der Waals surface area contributed by atoms with Crippen molar-refractivity contribution in [2.75, 3.05) is 0 Å². The molecule has 0 spiro atoms. The summed E-state index contributed by atoms with van der Waals surface area (Å²) in [5.74, 6) is 1.78. The van der Waals surface area contributed by atoms with Crippen LogP contribution in [0.1, 0.15) is 71.6 Å². The van der Waals surface area contributed by atoms with Gasteiger partial charge in [-0.05, 0) is 43.4 Å². The second-order valence-electron chi connectivity index (χ2n) is 6.99. The van der Waals surface area contributed by atoms with Crippen LogP contribution in [0.5, 0.6) is 0 Å². The van der Waals surface area contributed by atoms with Crippen molar-refractivity contribution in [2.24, 2.45) is 17.8 Å². The topological polar surface area (TPSA) is 40.5 Å². The minimum absolute atomic E-state index is 0.319. The molecule has 0 saturated heterocycles. The highest BCUT2D eigenvalue weighted by Crippen LogP contribution is 2.41. The molecule has 0 radical (unpaired) electrons. The van der Waals surface area contributed by atoms with Gasteiger partial charge in [0.2, 0.25) is 0 Å². The van der Waals surface area contributed by atoms with Crippen molar-refractivity contribution in [3.8, 4) is 0 Å². The zero-order valence-corrected chi connectivity index (χ0v) is 12.1. The Morgan fingerprint density at radius 2 is 1.56 bits per heavy atom. The predicted molar refractivity (Wildman–Crippen MR) is 74.3 cm³/mol. The third-order valence-corrected chi connectivity index (χ3v) is 5.61. The molecule has 0 bridgehead atoms. The first kappa shape index (κ1) is 14.3. The molecule has 0 amide bonds. The molecule has 106 valence electrons. The van der Waals surface area contributed by atoms with E-state index in [4.69, 9.17) is 0 Å². The minimum Gasteiger partial charge on any atom is -0.390 e. The quantitative estimate of drug-likeness (QED) is 0.740. The normalized spacial score (nSPS) is 39.0. The fourth-order valence-corrected chi connectivity index (χ4v) is 3.95. The van der Waals surface area contributed by atoms with E-state index < -0.39 is 11.7 Å². The molecule has 2 fully saturated rings. The highest BCUT2D eigenvalue weighted by Gasteiger charge is 2.42. The molecular formula is C16H30O2. The highest BCUT2D eigenvalue weighted by molar-refractivity contribution is 4.93. The Bertz CT molecular complexity index is 256. The lowest BCUT2D eigenvalue weighted by Crippen LogP contribution is -2.47. The number of rotatable bonds is 2. The third-order valence-electron chi connectivity index (χ3n) is 5.61. The van der Waals surface area contributed by atoms with Crippen LogP contribution in [0.2, 0.25) is 0 Å². The van der Waals surface area contributed by atoms with Crippen LogP contribution in [0.3, 0.4) is 0 Å². The van der Waals surface area contributed by atoms with Crippen molar-refractivity contribution in [3.05, 3.63) is 0 Å². The van der Waals surface area contributed by atoms with Crippen LogP contribution in [-0.2, 0) is 0 Å². The Labute approximate surface area is 112 Å². The van der Waals surface area contributed by atoms with E-state index in [9.17, 15) is 10.2 Å². The summed E-state index contributed by atoms with van der Waals surface area (Å²) in [6, 6.07) is 0. The summed E-state index contributed by atoms with van der Waals surface area (Å²) in [5, 5.41) is 21.4. The average Bonchev–Trinajstić information content (AvgIpc) is 2.58. The predicted octanol–water partition coefficient (Wildman–Crippen LogP) is 3.50. The van der Waals surface area contributed by atoms with Crippen LogP contribution in [0.4, 0.5) is 0 Å². The van der Waals surface area contributed by atoms with Gasteiger partial charge in [-0.25, -0.2) is 0 Å². The molecule has 2 N–H and O–H groups in total. The van der Waals surface area contributed by atoms with E-state index in [1.54, 1.807) is 0 Å². The van der Waals surface area contributed by atoms with Gasteiger partial charge in [0.1, 0.15) is 0 Å². The van der Waals surface area contributed by atoms with Gasteiger partial charge in [0.05, 0.1) is 11.7 Å². The van der Waals surface area contributed by atoms with Crippen molar-refractivity contribution < 1.29 is 10.2 Å². The maximum absolute atomic E-state index is 10.8. The fraction of sp³-hybridized carbons (Fsp3) is 1.00. The van der Waals surface area contributed by atoms with Gasteiger partial charge < -0.3 is 10.2 Å². The zero-order chi connectivity index (χ0) is 13.2. The lowest BCUT2D eigenvalue weighted by atomic mass is 9.69. The van der Waals surface area contributed by atoms with Crippen LogP contribution >= 0.6 is 0 Å². The second kappa shape index (κ2) is 5.92. The van der Waals surface area contributed by atoms with Gasteiger partial charge in [0.25, 0.3) is 0 Å². The monoisotopic (exact) mass is 254 g/mol. The molecule has 0 heterocycles. The summed E-state index contributed by atoms with van der Waals surface area (Å²) < 4.78 is 0. The van der Waals surface area contributed by atoms with E-state index in [1.807, 2.05) is 0 Å². The van der Waals surface area contributed by atoms with Crippen molar-refractivity contribution >= 4 is 0 Å². The van der Waals surface area contributed by atoms with E-state index in [-0.39, 0.29) is 0 Å². The Kier molecular flexibility index (Phi) is 4.71. The minimum atomic E-state index is -0.790. The van der Waals surface area contributed by atoms with E-state index >= 15 is 0 Å². The van der Waals surface area contributed by atoms with Crippen LogP contribution < -0.4 is 0 Å². The standard InChI is InChI=1S/C16H30O2/c1-12-7-8-14(11-13(12)2)15(17)16(18)9-5-3-4-6-10-16/h12-15,17-18H,3-11H2,1-2H3. The first-order valence-electron chi connectivity index (χ1n) is 7.93. The number of aliphatic hydroxyl groups is 2.